The van der Waals surface area contributed by atoms with Gasteiger partial charge < -0.3 is 10.4 Å². The maximum Gasteiger partial charge on any atom is 0.0771 e. The van der Waals surface area contributed by atoms with E-state index in [9.17, 15) is 5.11 Å². The molecule has 0 saturated heterocycles. The van der Waals surface area contributed by atoms with Gasteiger partial charge in [0, 0.05) is 22.8 Å². The zero-order valence-electron chi connectivity index (χ0n) is 11.0. The zero-order valence-corrected chi connectivity index (χ0v) is 11.8. The SMILES string of the molecule is OC1(CNCc2cc3c(s2)CCC3)CCCCC1. The van der Waals surface area contributed by atoms with E-state index in [0.717, 1.165) is 25.9 Å². The van der Waals surface area contributed by atoms with Crippen LogP contribution in [0.2, 0.25) is 0 Å². The number of hydrogen-bond acceptors (Lipinski definition) is 3. The Morgan fingerprint density at radius 1 is 1.17 bits per heavy atom. The molecule has 1 aromatic heterocycles. The highest BCUT2D eigenvalue weighted by atomic mass is 32.1. The lowest BCUT2D eigenvalue weighted by Gasteiger charge is -2.32. The van der Waals surface area contributed by atoms with Gasteiger partial charge >= 0.3 is 0 Å². The molecule has 1 aromatic rings. The molecule has 18 heavy (non-hydrogen) atoms. The second kappa shape index (κ2) is 5.32. The number of aryl methyl sites for hydroxylation is 2. The minimum atomic E-state index is -0.432. The van der Waals surface area contributed by atoms with E-state index in [1.165, 1.54) is 43.4 Å². The molecular weight excluding hydrogens is 242 g/mol. The summed E-state index contributed by atoms with van der Waals surface area (Å²) in [6.07, 6.45) is 9.51. The third-order valence-electron chi connectivity index (χ3n) is 4.34. The molecule has 2 N–H and O–H groups in total. The highest BCUT2D eigenvalue weighted by Crippen LogP contribution is 2.31. The number of nitrogens with one attached hydrogen (secondary N) is 1. The first kappa shape index (κ1) is 12.6. The van der Waals surface area contributed by atoms with Crippen LogP contribution in [0.3, 0.4) is 0 Å². The predicted molar refractivity (Wildman–Crippen MR) is 76.1 cm³/mol. The second-order valence-electron chi connectivity index (χ2n) is 5.90. The van der Waals surface area contributed by atoms with E-state index in [0.29, 0.717) is 0 Å². The predicted octanol–water partition coefficient (Wildman–Crippen LogP) is 3.02. The first-order valence-electron chi connectivity index (χ1n) is 7.29. The molecule has 1 fully saturated rings. The Kier molecular flexibility index (Phi) is 3.73. The minimum Gasteiger partial charge on any atom is -0.389 e. The lowest BCUT2D eigenvalue weighted by molar-refractivity contribution is 0.00472. The summed E-state index contributed by atoms with van der Waals surface area (Å²) in [6, 6.07) is 2.37. The van der Waals surface area contributed by atoms with E-state index < -0.39 is 5.60 Å². The summed E-state index contributed by atoms with van der Waals surface area (Å²) in [4.78, 5) is 3.04. The van der Waals surface area contributed by atoms with Gasteiger partial charge in [-0.3, -0.25) is 0 Å². The van der Waals surface area contributed by atoms with Crippen LogP contribution < -0.4 is 5.32 Å². The van der Waals surface area contributed by atoms with Gasteiger partial charge in [0.15, 0.2) is 0 Å². The van der Waals surface area contributed by atoms with Crippen LogP contribution >= 0.6 is 11.3 Å². The smallest absolute Gasteiger partial charge is 0.0771 e. The number of aliphatic hydroxyl groups is 1. The van der Waals surface area contributed by atoms with Gasteiger partial charge in [0.1, 0.15) is 0 Å². The molecule has 0 atom stereocenters. The van der Waals surface area contributed by atoms with Crippen molar-refractivity contribution >= 4 is 11.3 Å². The summed E-state index contributed by atoms with van der Waals surface area (Å²) < 4.78 is 0. The first-order chi connectivity index (χ1) is 8.75. The molecular formula is C15H23NOS. The van der Waals surface area contributed by atoms with E-state index in [2.05, 4.69) is 11.4 Å². The van der Waals surface area contributed by atoms with E-state index >= 15 is 0 Å². The summed E-state index contributed by atoms with van der Waals surface area (Å²) in [5.41, 5.74) is 1.14. The summed E-state index contributed by atoms with van der Waals surface area (Å²) in [5, 5.41) is 13.9. The van der Waals surface area contributed by atoms with Gasteiger partial charge in [-0.1, -0.05) is 19.3 Å². The minimum absolute atomic E-state index is 0.432. The lowest BCUT2D eigenvalue weighted by atomic mass is 9.85. The fourth-order valence-corrected chi connectivity index (χ4v) is 4.51. The average Bonchev–Trinajstić information content (AvgIpc) is 2.90. The van der Waals surface area contributed by atoms with Gasteiger partial charge in [-0.15, -0.1) is 11.3 Å². The van der Waals surface area contributed by atoms with Crippen molar-refractivity contribution in [2.24, 2.45) is 0 Å². The largest absolute Gasteiger partial charge is 0.389 e. The number of fused-ring (bicyclic) bond motifs is 1. The van der Waals surface area contributed by atoms with Crippen LogP contribution in [0, 0.1) is 0 Å². The number of hydrogen-bond donors (Lipinski definition) is 2. The van der Waals surface area contributed by atoms with Crippen LogP contribution in [0.4, 0.5) is 0 Å². The number of thiophene rings is 1. The molecule has 0 unspecified atom stereocenters. The normalized spacial score (nSPS) is 22.1. The van der Waals surface area contributed by atoms with Gasteiger partial charge in [0.2, 0.25) is 0 Å². The fraction of sp³-hybridized carbons (Fsp3) is 0.733. The average molecular weight is 265 g/mol. The van der Waals surface area contributed by atoms with Crippen molar-refractivity contribution in [3.05, 3.63) is 21.4 Å². The van der Waals surface area contributed by atoms with E-state index in [4.69, 9.17) is 0 Å². The molecule has 2 aliphatic rings. The van der Waals surface area contributed by atoms with Crippen molar-refractivity contribution in [2.45, 2.75) is 63.5 Å². The van der Waals surface area contributed by atoms with Crippen molar-refractivity contribution in [2.75, 3.05) is 6.54 Å². The van der Waals surface area contributed by atoms with E-state index in [1.807, 2.05) is 11.3 Å². The monoisotopic (exact) mass is 265 g/mol. The molecule has 1 saturated carbocycles. The molecule has 100 valence electrons. The van der Waals surface area contributed by atoms with Crippen LogP contribution in [0.5, 0.6) is 0 Å². The molecule has 0 bridgehead atoms. The highest BCUT2D eigenvalue weighted by molar-refractivity contribution is 7.12. The fourth-order valence-electron chi connectivity index (χ4n) is 3.28. The van der Waals surface area contributed by atoms with Crippen molar-refractivity contribution in [3.8, 4) is 0 Å². The maximum absolute atomic E-state index is 10.4. The first-order valence-corrected chi connectivity index (χ1v) is 8.10. The molecule has 0 aromatic carbocycles. The Balaban J connectivity index is 1.49. The van der Waals surface area contributed by atoms with Crippen molar-refractivity contribution in [1.29, 1.82) is 0 Å². The molecule has 0 radical (unpaired) electrons. The van der Waals surface area contributed by atoms with Crippen LogP contribution in [-0.2, 0) is 19.4 Å². The molecule has 0 aliphatic heterocycles. The van der Waals surface area contributed by atoms with Gasteiger partial charge in [-0.2, -0.15) is 0 Å². The Labute approximate surface area is 113 Å². The second-order valence-corrected chi connectivity index (χ2v) is 7.12. The van der Waals surface area contributed by atoms with Gasteiger partial charge in [-0.05, 0) is 43.7 Å². The highest BCUT2D eigenvalue weighted by Gasteiger charge is 2.28. The Morgan fingerprint density at radius 2 is 2.00 bits per heavy atom. The summed E-state index contributed by atoms with van der Waals surface area (Å²) in [6.45, 7) is 1.69. The van der Waals surface area contributed by atoms with E-state index in [-0.39, 0.29) is 0 Å². The number of rotatable bonds is 4. The molecule has 1 heterocycles. The lowest BCUT2D eigenvalue weighted by Crippen LogP contribution is -2.41. The van der Waals surface area contributed by atoms with Crippen LogP contribution in [0.1, 0.15) is 53.8 Å². The van der Waals surface area contributed by atoms with Crippen LogP contribution in [0.25, 0.3) is 0 Å². The molecule has 0 amide bonds. The summed E-state index contributed by atoms with van der Waals surface area (Å²) >= 11 is 1.96. The van der Waals surface area contributed by atoms with Crippen LogP contribution in [-0.4, -0.2) is 17.3 Å². The quantitative estimate of drug-likeness (QED) is 0.877. The maximum atomic E-state index is 10.4. The molecule has 0 spiro atoms. The molecule has 2 aliphatic carbocycles. The van der Waals surface area contributed by atoms with Crippen molar-refractivity contribution in [3.63, 3.8) is 0 Å². The topological polar surface area (TPSA) is 32.3 Å². The third-order valence-corrected chi connectivity index (χ3v) is 5.57. The van der Waals surface area contributed by atoms with E-state index in [1.54, 1.807) is 10.4 Å². The third kappa shape index (κ3) is 2.79. The van der Waals surface area contributed by atoms with Gasteiger partial charge in [0.05, 0.1) is 5.60 Å². The standard InChI is InChI=1S/C15H23NOS/c17-15(7-2-1-3-8-15)11-16-10-13-9-12-5-4-6-14(12)18-13/h9,16-17H,1-8,10-11H2. The summed E-state index contributed by atoms with van der Waals surface area (Å²) in [5.74, 6) is 0. The summed E-state index contributed by atoms with van der Waals surface area (Å²) in [7, 11) is 0. The van der Waals surface area contributed by atoms with Gasteiger partial charge in [-0.25, -0.2) is 0 Å². The van der Waals surface area contributed by atoms with Crippen molar-refractivity contribution in [1.82, 2.24) is 5.32 Å². The Hall–Kier alpha value is -0.380. The molecule has 2 nitrogen and oxygen atoms in total. The Morgan fingerprint density at radius 3 is 2.78 bits per heavy atom. The van der Waals surface area contributed by atoms with Gasteiger partial charge in [0.25, 0.3) is 0 Å². The zero-order chi connectivity index (χ0) is 12.4. The van der Waals surface area contributed by atoms with Crippen LogP contribution in [0.15, 0.2) is 6.07 Å². The molecule has 3 heteroatoms. The Bertz CT molecular complexity index is 385. The molecule has 3 rings (SSSR count). The van der Waals surface area contributed by atoms with Crippen molar-refractivity contribution < 1.29 is 5.11 Å².